The molecule has 0 saturated carbocycles. The van der Waals surface area contributed by atoms with Gasteiger partial charge in [0.05, 0.1) is 6.10 Å². The fourth-order valence-electron chi connectivity index (χ4n) is 1.73. The molecule has 0 saturated heterocycles. The maximum atomic E-state index is 11.1. The molecule has 3 nitrogen and oxygen atoms in total. The molecule has 0 aromatic heterocycles. The largest absolute Gasteiger partial charge is 0.460 e. The SMILES string of the molecule is C=C(C)C(=O)OCC(O)CC(CC)CCCC. The van der Waals surface area contributed by atoms with Gasteiger partial charge in [-0.1, -0.05) is 46.1 Å². The fourth-order valence-corrected chi connectivity index (χ4v) is 1.73. The van der Waals surface area contributed by atoms with Crippen LogP contribution in [0.4, 0.5) is 0 Å². The molecule has 2 unspecified atom stereocenters. The second-order valence-electron chi connectivity index (χ2n) is 4.68. The first kappa shape index (κ1) is 16.2. The zero-order valence-electron chi connectivity index (χ0n) is 11.4. The van der Waals surface area contributed by atoms with Crippen LogP contribution in [0.3, 0.4) is 0 Å². The molecule has 3 heteroatoms. The molecule has 100 valence electrons. The number of esters is 1. The number of ether oxygens (including phenoxy) is 1. The lowest BCUT2D eigenvalue weighted by atomic mass is 9.93. The highest BCUT2D eigenvalue weighted by Crippen LogP contribution is 2.18. The van der Waals surface area contributed by atoms with Crippen LogP contribution in [0.5, 0.6) is 0 Å². The topological polar surface area (TPSA) is 46.5 Å². The van der Waals surface area contributed by atoms with Crippen molar-refractivity contribution in [2.24, 2.45) is 5.92 Å². The average Bonchev–Trinajstić information content (AvgIpc) is 2.31. The van der Waals surface area contributed by atoms with Gasteiger partial charge in [0.1, 0.15) is 6.61 Å². The maximum absolute atomic E-state index is 11.1. The quantitative estimate of drug-likeness (QED) is 0.499. The molecule has 0 spiro atoms. The Morgan fingerprint density at radius 2 is 2.06 bits per heavy atom. The van der Waals surface area contributed by atoms with E-state index in [1.807, 2.05) is 0 Å². The standard InChI is InChI=1S/C14H26O3/c1-5-7-8-12(6-2)9-13(15)10-17-14(16)11(3)4/h12-13,15H,3,5-10H2,1-2,4H3. The molecule has 0 aliphatic carbocycles. The van der Waals surface area contributed by atoms with E-state index < -0.39 is 12.1 Å². The smallest absolute Gasteiger partial charge is 0.333 e. The Bertz CT molecular complexity index is 236. The molecule has 0 aromatic rings. The monoisotopic (exact) mass is 242 g/mol. The van der Waals surface area contributed by atoms with Crippen LogP contribution < -0.4 is 0 Å². The summed E-state index contributed by atoms with van der Waals surface area (Å²) >= 11 is 0. The molecule has 0 fully saturated rings. The normalized spacial score (nSPS) is 14.1. The number of hydrogen-bond donors (Lipinski definition) is 1. The van der Waals surface area contributed by atoms with Gasteiger partial charge in [0.15, 0.2) is 0 Å². The highest BCUT2D eigenvalue weighted by Gasteiger charge is 2.14. The minimum Gasteiger partial charge on any atom is -0.460 e. The highest BCUT2D eigenvalue weighted by atomic mass is 16.5. The summed E-state index contributed by atoms with van der Waals surface area (Å²) in [5.74, 6) is 0.0964. The summed E-state index contributed by atoms with van der Waals surface area (Å²) in [6.07, 6.45) is 4.72. The number of aliphatic hydroxyl groups excluding tert-OH is 1. The molecule has 0 aliphatic rings. The molecule has 0 amide bonds. The third-order valence-corrected chi connectivity index (χ3v) is 2.90. The van der Waals surface area contributed by atoms with E-state index in [4.69, 9.17) is 4.74 Å². The average molecular weight is 242 g/mol. The van der Waals surface area contributed by atoms with Gasteiger partial charge >= 0.3 is 5.97 Å². The van der Waals surface area contributed by atoms with E-state index in [2.05, 4.69) is 20.4 Å². The van der Waals surface area contributed by atoms with Crippen LogP contribution in [0.25, 0.3) is 0 Å². The van der Waals surface area contributed by atoms with Gasteiger partial charge in [-0.3, -0.25) is 0 Å². The van der Waals surface area contributed by atoms with Gasteiger partial charge in [0, 0.05) is 5.57 Å². The summed E-state index contributed by atoms with van der Waals surface area (Å²) in [7, 11) is 0. The number of carbonyl (C=O) groups is 1. The number of aliphatic hydroxyl groups is 1. The molecule has 1 N–H and O–H groups in total. The van der Waals surface area contributed by atoms with Gasteiger partial charge < -0.3 is 9.84 Å². The van der Waals surface area contributed by atoms with E-state index in [0.717, 1.165) is 12.8 Å². The predicted octanol–water partition coefficient (Wildman–Crippen LogP) is 3.07. The van der Waals surface area contributed by atoms with E-state index in [1.54, 1.807) is 6.92 Å². The summed E-state index contributed by atoms with van der Waals surface area (Å²) in [4.78, 5) is 11.1. The van der Waals surface area contributed by atoms with Gasteiger partial charge in [-0.25, -0.2) is 4.79 Å². The summed E-state index contributed by atoms with van der Waals surface area (Å²) in [5.41, 5.74) is 0.371. The highest BCUT2D eigenvalue weighted by molar-refractivity contribution is 5.86. The van der Waals surface area contributed by atoms with Crippen LogP contribution >= 0.6 is 0 Å². The van der Waals surface area contributed by atoms with E-state index >= 15 is 0 Å². The van der Waals surface area contributed by atoms with Crippen molar-refractivity contribution in [1.29, 1.82) is 0 Å². The lowest BCUT2D eigenvalue weighted by Crippen LogP contribution is -2.22. The summed E-state index contributed by atoms with van der Waals surface area (Å²) in [5, 5.41) is 9.77. The minimum absolute atomic E-state index is 0.0777. The van der Waals surface area contributed by atoms with Crippen LogP contribution in [0.15, 0.2) is 12.2 Å². The first-order valence-electron chi connectivity index (χ1n) is 6.51. The van der Waals surface area contributed by atoms with Crippen molar-refractivity contribution in [2.45, 2.75) is 59.0 Å². The number of rotatable bonds is 9. The molecule has 0 bridgehead atoms. The second kappa shape index (κ2) is 9.23. The van der Waals surface area contributed by atoms with E-state index in [1.165, 1.54) is 12.8 Å². The van der Waals surface area contributed by atoms with Crippen LogP contribution in [0.2, 0.25) is 0 Å². The lowest BCUT2D eigenvalue weighted by Gasteiger charge is -2.18. The third kappa shape index (κ3) is 7.97. The molecular formula is C14H26O3. The van der Waals surface area contributed by atoms with Crippen molar-refractivity contribution < 1.29 is 14.6 Å². The van der Waals surface area contributed by atoms with Crippen LogP contribution in [-0.2, 0) is 9.53 Å². The van der Waals surface area contributed by atoms with Gasteiger partial charge in [0.2, 0.25) is 0 Å². The van der Waals surface area contributed by atoms with E-state index in [-0.39, 0.29) is 6.61 Å². The molecule has 0 rings (SSSR count). The fraction of sp³-hybridized carbons (Fsp3) is 0.786. The van der Waals surface area contributed by atoms with Crippen molar-refractivity contribution in [3.05, 3.63) is 12.2 Å². The number of unbranched alkanes of at least 4 members (excludes halogenated alkanes) is 1. The summed E-state index contributed by atoms with van der Waals surface area (Å²) < 4.78 is 4.93. The van der Waals surface area contributed by atoms with Crippen LogP contribution in [0, 0.1) is 5.92 Å². The first-order valence-corrected chi connectivity index (χ1v) is 6.51. The minimum atomic E-state index is -0.555. The number of hydrogen-bond acceptors (Lipinski definition) is 3. The van der Waals surface area contributed by atoms with E-state index in [0.29, 0.717) is 17.9 Å². The van der Waals surface area contributed by atoms with E-state index in [9.17, 15) is 9.90 Å². The first-order chi connectivity index (χ1) is 8.01. The van der Waals surface area contributed by atoms with Crippen molar-refractivity contribution in [3.8, 4) is 0 Å². The van der Waals surface area contributed by atoms with Gasteiger partial charge in [-0.05, 0) is 19.3 Å². The summed E-state index contributed by atoms with van der Waals surface area (Å²) in [6.45, 7) is 9.47. The van der Waals surface area contributed by atoms with Crippen molar-refractivity contribution >= 4 is 5.97 Å². The Hall–Kier alpha value is -0.830. The number of carbonyl (C=O) groups excluding carboxylic acids is 1. The third-order valence-electron chi connectivity index (χ3n) is 2.90. The Kier molecular flexibility index (Phi) is 8.78. The Labute approximate surface area is 105 Å². The van der Waals surface area contributed by atoms with Crippen LogP contribution in [0.1, 0.15) is 52.9 Å². The van der Waals surface area contributed by atoms with Crippen LogP contribution in [-0.4, -0.2) is 23.8 Å². The lowest BCUT2D eigenvalue weighted by molar-refractivity contribution is -0.142. The Morgan fingerprint density at radius 1 is 1.41 bits per heavy atom. The molecule has 17 heavy (non-hydrogen) atoms. The predicted molar refractivity (Wildman–Crippen MR) is 69.7 cm³/mol. The maximum Gasteiger partial charge on any atom is 0.333 e. The Balaban J connectivity index is 3.85. The van der Waals surface area contributed by atoms with Gasteiger partial charge in [-0.2, -0.15) is 0 Å². The van der Waals surface area contributed by atoms with Gasteiger partial charge in [0.25, 0.3) is 0 Å². The van der Waals surface area contributed by atoms with Crippen molar-refractivity contribution in [3.63, 3.8) is 0 Å². The molecule has 0 aliphatic heterocycles. The zero-order chi connectivity index (χ0) is 13.3. The molecule has 0 aromatic carbocycles. The zero-order valence-corrected chi connectivity index (χ0v) is 11.4. The molecule has 0 heterocycles. The molecule has 0 radical (unpaired) electrons. The second-order valence-corrected chi connectivity index (χ2v) is 4.68. The van der Waals surface area contributed by atoms with Crippen molar-refractivity contribution in [2.75, 3.05) is 6.61 Å². The van der Waals surface area contributed by atoms with Crippen molar-refractivity contribution in [1.82, 2.24) is 0 Å². The molecule has 2 atom stereocenters. The Morgan fingerprint density at radius 3 is 2.53 bits per heavy atom. The summed E-state index contributed by atoms with van der Waals surface area (Å²) in [6, 6.07) is 0. The van der Waals surface area contributed by atoms with Gasteiger partial charge in [-0.15, -0.1) is 0 Å². The molecular weight excluding hydrogens is 216 g/mol.